The molecule has 0 aliphatic carbocycles. The summed E-state index contributed by atoms with van der Waals surface area (Å²) in [7, 11) is 1.87. The number of aryl methyl sites for hydroxylation is 5. The van der Waals surface area contributed by atoms with Gasteiger partial charge in [-0.1, -0.05) is 0 Å². The quantitative estimate of drug-likeness (QED) is 0.776. The molecule has 0 radical (unpaired) electrons. The van der Waals surface area contributed by atoms with Gasteiger partial charge in [-0.25, -0.2) is 9.97 Å². The first-order valence-electron chi connectivity index (χ1n) is 8.43. The zero-order valence-electron chi connectivity index (χ0n) is 16.0. The highest BCUT2D eigenvalue weighted by molar-refractivity contribution is 5.92. The van der Waals surface area contributed by atoms with E-state index in [2.05, 4.69) is 25.5 Å². The van der Waals surface area contributed by atoms with E-state index >= 15 is 0 Å². The van der Waals surface area contributed by atoms with Crippen LogP contribution in [0.3, 0.4) is 0 Å². The molecule has 0 saturated heterocycles. The van der Waals surface area contributed by atoms with E-state index in [9.17, 15) is 4.79 Å². The van der Waals surface area contributed by atoms with E-state index in [-0.39, 0.29) is 12.3 Å². The van der Waals surface area contributed by atoms with Crippen molar-refractivity contribution in [3.05, 3.63) is 46.2 Å². The predicted octanol–water partition coefficient (Wildman–Crippen LogP) is 2.12. The third kappa shape index (κ3) is 3.49. The van der Waals surface area contributed by atoms with Crippen LogP contribution in [0.25, 0.3) is 5.95 Å². The molecular weight excluding hydrogens is 330 g/mol. The molecule has 0 spiro atoms. The number of hydrogen-bond acceptors (Lipinski definition) is 5. The SMILES string of the molecule is Cc1cc(C)nc(-n2nc(C)cc2NC(=O)Cc2c(C)nn(C)c2C)n1. The molecule has 0 atom stereocenters. The largest absolute Gasteiger partial charge is 0.310 e. The van der Waals surface area contributed by atoms with Gasteiger partial charge in [-0.05, 0) is 40.7 Å². The molecule has 3 aromatic rings. The van der Waals surface area contributed by atoms with E-state index in [4.69, 9.17) is 0 Å². The van der Waals surface area contributed by atoms with E-state index in [0.29, 0.717) is 11.8 Å². The normalized spacial score (nSPS) is 11.0. The van der Waals surface area contributed by atoms with E-state index in [1.54, 1.807) is 9.36 Å². The Morgan fingerprint density at radius 3 is 2.23 bits per heavy atom. The molecule has 8 nitrogen and oxygen atoms in total. The van der Waals surface area contributed by atoms with Gasteiger partial charge < -0.3 is 5.32 Å². The van der Waals surface area contributed by atoms with Crippen LogP contribution in [-0.2, 0) is 18.3 Å². The molecule has 8 heteroatoms. The number of anilines is 1. The standard InChI is InChI=1S/C18H23N7O/c1-10-7-11(2)20-18(19-10)25-16(8-12(3)22-25)21-17(26)9-15-13(4)23-24(6)14(15)5/h7-8H,9H2,1-6H3,(H,21,26). The van der Waals surface area contributed by atoms with Gasteiger partial charge in [0.1, 0.15) is 5.82 Å². The fraction of sp³-hybridized carbons (Fsp3) is 0.389. The summed E-state index contributed by atoms with van der Waals surface area (Å²) in [4.78, 5) is 21.4. The molecule has 0 unspecified atom stereocenters. The van der Waals surface area contributed by atoms with Gasteiger partial charge >= 0.3 is 0 Å². The maximum atomic E-state index is 12.6. The van der Waals surface area contributed by atoms with Crippen LogP contribution >= 0.6 is 0 Å². The molecule has 0 bridgehead atoms. The van der Waals surface area contributed by atoms with Crippen LogP contribution in [0.2, 0.25) is 0 Å². The highest BCUT2D eigenvalue weighted by Gasteiger charge is 2.17. The van der Waals surface area contributed by atoms with Crippen LogP contribution in [0.5, 0.6) is 0 Å². The lowest BCUT2D eigenvalue weighted by atomic mass is 10.1. The Morgan fingerprint density at radius 1 is 1.00 bits per heavy atom. The Balaban J connectivity index is 1.87. The Kier molecular flexibility index (Phi) is 4.58. The van der Waals surface area contributed by atoms with Gasteiger partial charge in [0.2, 0.25) is 5.91 Å². The molecule has 26 heavy (non-hydrogen) atoms. The summed E-state index contributed by atoms with van der Waals surface area (Å²) in [6.07, 6.45) is 0.253. The van der Waals surface area contributed by atoms with E-state index < -0.39 is 0 Å². The van der Waals surface area contributed by atoms with Gasteiger partial charge in [-0.15, -0.1) is 0 Å². The molecular formula is C18H23N7O. The molecule has 3 aromatic heterocycles. The fourth-order valence-electron chi connectivity index (χ4n) is 2.96. The summed E-state index contributed by atoms with van der Waals surface area (Å²) in [5, 5.41) is 11.7. The van der Waals surface area contributed by atoms with Crippen molar-refractivity contribution in [1.29, 1.82) is 0 Å². The van der Waals surface area contributed by atoms with Crippen molar-refractivity contribution in [2.24, 2.45) is 7.05 Å². The van der Waals surface area contributed by atoms with Crippen LogP contribution in [0.4, 0.5) is 5.82 Å². The molecule has 0 saturated carbocycles. The number of nitrogens with one attached hydrogen (secondary N) is 1. The van der Waals surface area contributed by atoms with Gasteiger partial charge in [0.05, 0.1) is 17.8 Å². The van der Waals surface area contributed by atoms with E-state index in [0.717, 1.165) is 34.0 Å². The smallest absolute Gasteiger partial charge is 0.252 e. The number of amides is 1. The minimum absolute atomic E-state index is 0.130. The minimum Gasteiger partial charge on any atom is -0.310 e. The van der Waals surface area contributed by atoms with Gasteiger partial charge in [0.15, 0.2) is 0 Å². The minimum atomic E-state index is -0.130. The topological polar surface area (TPSA) is 90.5 Å². The van der Waals surface area contributed by atoms with E-state index in [1.165, 1.54) is 0 Å². The van der Waals surface area contributed by atoms with Crippen molar-refractivity contribution in [2.75, 3.05) is 5.32 Å². The molecule has 0 aliphatic heterocycles. The summed E-state index contributed by atoms with van der Waals surface area (Å²) in [6, 6.07) is 3.70. The van der Waals surface area contributed by atoms with Crippen LogP contribution < -0.4 is 5.32 Å². The van der Waals surface area contributed by atoms with Crippen molar-refractivity contribution < 1.29 is 4.79 Å². The molecule has 136 valence electrons. The Bertz CT molecular complexity index is 964. The molecule has 0 fully saturated rings. The Morgan fingerprint density at radius 2 is 1.65 bits per heavy atom. The summed E-state index contributed by atoms with van der Waals surface area (Å²) < 4.78 is 3.35. The second kappa shape index (κ2) is 6.70. The average molecular weight is 353 g/mol. The summed E-state index contributed by atoms with van der Waals surface area (Å²) in [5.74, 6) is 0.867. The number of aromatic nitrogens is 6. The van der Waals surface area contributed by atoms with Crippen molar-refractivity contribution >= 4 is 11.7 Å². The van der Waals surface area contributed by atoms with Crippen LogP contribution in [0, 0.1) is 34.6 Å². The van der Waals surface area contributed by atoms with Crippen molar-refractivity contribution in [3.8, 4) is 5.95 Å². The molecule has 3 rings (SSSR count). The molecule has 0 aliphatic rings. The summed E-state index contributed by atoms with van der Waals surface area (Å²) >= 11 is 0. The Labute approximate surface area is 152 Å². The Hall–Kier alpha value is -3.03. The second-order valence-corrected chi connectivity index (χ2v) is 6.53. The van der Waals surface area contributed by atoms with Gasteiger partial charge in [0.25, 0.3) is 5.95 Å². The molecule has 0 aromatic carbocycles. The molecule has 1 amide bonds. The first-order valence-corrected chi connectivity index (χ1v) is 8.43. The lowest BCUT2D eigenvalue weighted by Gasteiger charge is -2.09. The van der Waals surface area contributed by atoms with Gasteiger partial charge in [-0.2, -0.15) is 14.9 Å². The maximum absolute atomic E-state index is 12.6. The predicted molar refractivity (Wildman–Crippen MR) is 98.4 cm³/mol. The maximum Gasteiger partial charge on any atom is 0.252 e. The average Bonchev–Trinajstić information content (AvgIpc) is 3.01. The zero-order chi connectivity index (χ0) is 19.0. The van der Waals surface area contributed by atoms with E-state index in [1.807, 2.05) is 53.8 Å². The second-order valence-electron chi connectivity index (χ2n) is 6.53. The summed E-state index contributed by atoms with van der Waals surface area (Å²) in [5.41, 5.74) is 5.26. The van der Waals surface area contributed by atoms with Crippen LogP contribution in [0.15, 0.2) is 12.1 Å². The number of rotatable bonds is 4. The highest BCUT2D eigenvalue weighted by Crippen LogP contribution is 2.17. The zero-order valence-corrected chi connectivity index (χ0v) is 16.0. The third-order valence-electron chi connectivity index (χ3n) is 4.26. The third-order valence-corrected chi connectivity index (χ3v) is 4.26. The van der Waals surface area contributed by atoms with Crippen LogP contribution in [0.1, 0.15) is 34.0 Å². The monoisotopic (exact) mass is 353 g/mol. The highest BCUT2D eigenvalue weighted by atomic mass is 16.1. The van der Waals surface area contributed by atoms with Crippen molar-refractivity contribution in [2.45, 2.75) is 41.0 Å². The lowest BCUT2D eigenvalue weighted by Crippen LogP contribution is -2.18. The number of carbonyl (C=O) groups is 1. The number of hydrogen-bond donors (Lipinski definition) is 1. The summed E-state index contributed by atoms with van der Waals surface area (Å²) in [6.45, 7) is 9.54. The first kappa shape index (κ1) is 17.8. The number of carbonyl (C=O) groups excluding carboxylic acids is 1. The first-order chi connectivity index (χ1) is 12.2. The fourth-order valence-corrected chi connectivity index (χ4v) is 2.96. The van der Waals surface area contributed by atoms with Crippen LogP contribution in [-0.4, -0.2) is 35.4 Å². The van der Waals surface area contributed by atoms with Gasteiger partial charge in [-0.3, -0.25) is 9.48 Å². The number of nitrogens with zero attached hydrogens (tertiary/aromatic N) is 6. The van der Waals surface area contributed by atoms with Crippen molar-refractivity contribution in [1.82, 2.24) is 29.5 Å². The molecule has 1 N–H and O–H groups in total. The van der Waals surface area contributed by atoms with Gasteiger partial charge in [0, 0.05) is 35.8 Å². The van der Waals surface area contributed by atoms with Crippen molar-refractivity contribution in [3.63, 3.8) is 0 Å². The lowest BCUT2D eigenvalue weighted by molar-refractivity contribution is -0.115. The molecule has 3 heterocycles.